The van der Waals surface area contributed by atoms with Crippen LogP contribution in [0, 0.1) is 0 Å². The first-order valence-corrected chi connectivity index (χ1v) is 5.68. The number of aromatic nitrogens is 2. The smallest absolute Gasteiger partial charge is 0.0537 e. The first-order valence-electron chi connectivity index (χ1n) is 5.68. The van der Waals surface area contributed by atoms with Crippen molar-refractivity contribution in [3.05, 3.63) is 18.0 Å². The van der Waals surface area contributed by atoms with Gasteiger partial charge < -0.3 is 10.4 Å². The Morgan fingerprint density at radius 1 is 1.53 bits per heavy atom. The summed E-state index contributed by atoms with van der Waals surface area (Å²) in [6, 6.07) is 0.232. The molecule has 0 radical (unpaired) electrons. The van der Waals surface area contributed by atoms with Gasteiger partial charge in [-0.2, -0.15) is 5.10 Å². The summed E-state index contributed by atoms with van der Waals surface area (Å²) in [5.74, 6) is 0. The number of aryl methyl sites for hydroxylation is 1. The lowest BCUT2D eigenvalue weighted by Crippen LogP contribution is -2.22. The van der Waals surface area contributed by atoms with Gasteiger partial charge in [-0.05, 0) is 26.3 Å². The number of nitrogens with zero attached hydrogens (tertiary/aromatic N) is 2. The van der Waals surface area contributed by atoms with Crippen molar-refractivity contribution >= 4 is 0 Å². The van der Waals surface area contributed by atoms with Crippen LogP contribution in [0.1, 0.15) is 38.3 Å². The van der Waals surface area contributed by atoms with E-state index in [0.717, 1.165) is 25.9 Å². The molecule has 0 saturated carbocycles. The molecule has 0 amide bonds. The minimum Gasteiger partial charge on any atom is -0.396 e. The van der Waals surface area contributed by atoms with E-state index in [9.17, 15) is 0 Å². The Labute approximate surface area is 91.3 Å². The molecule has 0 aliphatic heterocycles. The van der Waals surface area contributed by atoms with Gasteiger partial charge in [0.25, 0.3) is 0 Å². The van der Waals surface area contributed by atoms with Crippen molar-refractivity contribution in [3.8, 4) is 0 Å². The molecule has 4 heteroatoms. The Hall–Kier alpha value is -0.870. The third kappa shape index (κ3) is 3.64. The Bertz CT molecular complexity index is 273. The molecule has 0 bridgehead atoms. The second-order valence-electron chi connectivity index (χ2n) is 3.65. The van der Waals surface area contributed by atoms with E-state index in [1.807, 2.05) is 17.1 Å². The van der Waals surface area contributed by atoms with Crippen molar-refractivity contribution in [2.24, 2.45) is 0 Å². The number of aliphatic hydroxyl groups excluding tert-OH is 1. The van der Waals surface area contributed by atoms with Crippen LogP contribution in [0.3, 0.4) is 0 Å². The maximum atomic E-state index is 8.99. The molecule has 1 aromatic heterocycles. The molecule has 1 atom stereocenters. The van der Waals surface area contributed by atoms with Crippen LogP contribution in [0.15, 0.2) is 12.4 Å². The highest BCUT2D eigenvalue weighted by Gasteiger charge is 2.11. The van der Waals surface area contributed by atoms with Crippen molar-refractivity contribution in [1.82, 2.24) is 15.1 Å². The standard InChI is InChI=1S/C11H21N3O/c1-3-6-12-11(5-7-15)10-8-13-14(4-2)9-10/h8-9,11-12,15H,3-7H2,1-2H3. The predicted octanol–water partition coefficient (Wildman–Crippen LogP) is 1.33. The topological polar surface area (TPSA) is 50.1 Å². The molecule has 2 N–H and O–H groups in total. The van der Waals surface area contributed by atoms with E-state index in [1.54, 1.807) is 0 Å². The summed E-state index contributed by atoms with van der Waals surface area (Å²) in [6.07, 6.45) is 5.77. The monoisotopic (exact) mass is 211 g/mol. The molecule has 1 heterocycles. The number of hydrogen-bond acceptors (Lipinski definition) is 3. The van der Waals surface area contributed by atoms with Gasteiger partial charge in [0.2, 0.25) is 0 Å². The Balaban J connectivity index is 2.60. The minimum atomic E-state index is 0.207. The number of hydrogen-bond donors (Lipinski definition) is 2. The molecule has 1 unspecified atom stereocenters. The second-order valence-corrected chi connectivity index (χ2v) is 3.65. The summed E-state index contributed by atoms with van der Waals surface area (Å²) in [7, 11) is 0. The Kier molecular flexibility index (Phi) is 5.36. The van der Waals surface area contributed by atoms with Crippen LogP contribution in [-0.2, 0) is 6.54 Å². The zero-order chi connectivity index (χ0) is 11.1. The molecule has 0 aliphatic carbocycles. The largest absolute Gasteiger partial charge is 0.396 e. The number of aliphatic hydroxyl groups is 1. The van der Waals surface area contributed by atoms with Gasteiger partial charge in [-0.1, -0.05) is 6.92 Å². The molecular weight excluding hydrogens is 190 g/mol. The summed E-state index contributed by atoms with van der Waals surface area (Å²) in [5.41, 5.74) is 1.17. The first kappa shape index (κ1) is 12.2. The van der Waals surface area contributed by atoms with Gasteiger partial charge in [0, 0.05) is 31.0 Å². The zero-order valence-electron chi connectivity index (χ0n) is 9.61. The Morgan fingerprint density at radius 2 is 2.33 bits per heavy atom. The fourth-order valence-electron chi connectivity index (χ4n) is 1.57. The normalized spacial score (nSPS) is 13.0. The first-order chi connectivity index (χ1) is 7.31. The predicted molar refractivity (Wildman–Crippen MR) is 60.6 cm³/mol. The second kappa shape index (κ2) is 6.58. The third-order valence-corrected chi connectivity index (χ3v) is 2.44. The molecule has 0 aromatic carbocycles. The van der Waals surface area contributed by atoms with Crippen LogP contribution < -0.4 is 5.32 Å². The SMILES string of the molecule is CCCNC(CCO)c1cnn(CC)c1. The molecule has 15 heavy (non-hydrogen) atoms. The number of nitrogens with one attached hydrogen (secondary N) is 1. The van der Waals surface area contributed by atoms with E-state index in [1.165, 1.54) is 5.56 Å². The highest BCUT2D eigenvalue weighted by atomic mass is 16.3. The molecular formula is C11H21N3O. The zero-order valence-corrected chi connectivity index (χ0v) is 9.61. The average molecular weight is 211 g/mol. The highest BCUT2D eigenvalue weighted by molar-refractivity contribution is 5.10. The lowest BCUT2D eigenvalue weighted by atomic mass is 10.1. The minimum absolute atomic E-state index is 0.207. The molecule has 1 aromatic rings. The van der Waals surface area contributed by atoms with Gasteiger partial charge in [0.1, 0.15) is 0 Å². The third-order valence-electron chi connectivity index (χ3n) is 2.44. The quantitative estimate of drug-likeness (QED) is 0.715. The van der Waals surface area contributed by atoms with Gasteiger partial charge >= 0.3 is 0 Å². The summed E-state index contributed by atoms with van der Waals surface area (Å²) < 4.78 is 1.91. The molecule has 0 saturated heterocycles. The van der Waals surface area contributed by atoms with E-state index >= 15 is 0 Å². The molecule has 4 nitrogen and oxygen atoms in total. The lowest BCUT2D eigenvalue weighted by molar-refractivity contribution is 0.265. The average Bonchev–Trinajstić information content (AvgIpc) is 2.72. The van der Waals surface area contributed by atoms with E-state index in [-0.39, 0.29) is 12.6 Å². The van der Waals surface area contributed by atoms with E-state index in [4.69, 9.17) is 5.11 Å². The van der Waals surface area contributed by atoms with Gasteiger partial charge in [0.15, 0.2) is 0 Å². The molecule has 0 aliphatic rings. The molecule has 0 fully saturated rings. The summed E-state index contributed by atoms with van der Waals surface area (Å²) >= 11 is 0. The summed E-state index contributed by atoms with van der Waals surface area (Å²) in [6.45, 7) is 6.27. The van der Waals surface area contributed by atoms with Crippen LogP contribution in [-0.4, -0.2) is 28.0 Å². The van der Waals surface area contributed by atoms with Crippen LogP contribution in [0.4, 0.5) is 0 Å². The van der Waals surface area contributed by atoms with Crippen molar-refractivity contribution in [2.45, 2.75) is 39.3 Å². The fourth-order valence-corrected chi connectivity index (χ4v) is 1.57. The van der Waals surface area contributed by atoms with Crippen LogP contribution in [0.5, 0.6) is 0 Å². The highest BCUT2D eigenvalue weighted by Crippen LogP contribution is 2.15. The van der Waals surface area contributed by atoms with Crippen molar-refractivity contribution < 1.29 is 5.11 Å². The lowest BCUT2D eigenvalue weighted by Gasteiger charge is -2.15. The van der Waals surface area contributed by atoms with E-state index < -0.39 is 0 Å². The molecule has 1 rings (SSSR count). The van der Waals surface area contributed by atoms with Crippen LogP contribution >= 0.6 is 0 Å². The van der Waals surface area contributed by atoms with Gasteiger partial charge in [-0.25, -0.2) is 0 Å². The van der Waals surface area contributed by atoms with E-state index in [2.05, 4.69) is 24.3 Å². The van der Waals surface area contributed by atoms with Crippen molar-refractivity contribution in [2.75, 3.05) is 13.2 Å². The van der Waals surface area contributed by atoms with Gasteiger partial charge in [0.05, 0.1) is 6.20 Å². The van der Waals surface area contributed by atoms with Crippen molar-refractivity contribution in [3.63, 3.8) is 0 Å². The number of rotatable bonds is 7. The summed E-state index contributed by atoms with van der Waals surface area (Å²) in [5, 5.41) is 16.6. The van der Waals surface area contributed by atoms with Gasteiger partial charge in [-0.15, -0.1) is 0 Å². The van der Waals surface area contributed by atoms with E-state index in [0.29, 0.717) is 0 Å². The Morgan fingerprint density at radius 3 is 2.87 bits per heavy atom. The van der Waals surface area contributed by atoms with Crippen LogP contribution in [0.25, 0.3) is 0 Å². The van der Waals surface area contributed by atoms with Crippen LogP contribution in [0.2, 0.25) is 0 Å². The maximum absolute atomic E-state index is 8.99. The maximum Gasteiger partial charge on any atom is 0.0537 e. The summed E-state index contributed by atoms with van der Waals surface area (Å²) in [4.78, 5) is 0. The molecule has 86 valence electrons. The fraction of sp³-hybridized carbons (Fsp3) is 0.727. The van der Waals surface area contributed by atoms with Crippen molar-refractivity contribution in [1.29, 1.82) is 0 Å². The molecule has 0 spiro atoms. The van der Waals surface area contributed by atoms with Gasteiger partial charge in [-0.3, -0.25) is 4.68 Å².